The molecule has 1 aromatic heterocycles. The molecule has 1 heterocycles. The first-order chi connectivity index (χ1) is 8.58. The average Bonchev–Trinajstić information content (AvgIpc) is 2.75. The predicted octanol–water partition coefficient (Wildman–Crippen LogP) is 4.40. The van der Waals surface area contributed by atoms with Crippen molar-refractivity contribution in [2.75, 3.05) is 0 Å². The molecule has 0 bridgehead atoms. The number of hydrogen-bond acceptors (Lipinski definition) is 2. The van der Waals surface area contributed by atoms with E-state index in [9.17, 15) is 4.79 Å². The monoisotopic (exact) mass is 343 g/mol. The molecule has 0 spiro atoms. The Morgan fingerprint density at radius 1 is 1.44 bits per heavy atom. The smallest absolute Gasteiger partial charge is 0.252 e. The van der Waals surface area contributed by atoms with Gasteiger partial charge in [0, 0.05) is 14.4 Å². The van der Waals surface area contributed by atoms with Crippen molar-refractivity contribution in [2.45, 2.75) is 13.5 Å². The molecule has 0 atom stereocenters. The molecule has 0 radical (unpaired) electrons. The van der Waals surface area contributed by atoms with Gasteiger partial charge in [-0.25, -0.2) is 0 Å². The van der Waals surface area contributed by atoms with Crippen LogP contribution in [0.2, 0.25) is 5.02 Å². The molecule has 2 rings (SSSR count). The van der Waals surface area contributed by atoms with Crippen molar-refractivity contribution in [3.8, 4) is 0 Å². The third kappa shape index (κ3) is 3.13. The summed E-state index contributed by atoms with van der Waals surface area (Å²) in [6.07, 6.45) is 0. The number of amides is 1. The molecule has 0 fully saturated rings. The molecule has 0 saturated carbocycles. The van der Waals surface area contributed by atoms with Crippen molar-refractivity contribution in [2.24, 2.45) is 0 Å². The second kappa shape index (κ2) is 5.87. The normalized spacial score (nSPS) is 10.4. The maximum Gasteiger partial charge on any atom is 0.252 e. The summed E-state index contributed by atoms with van der Waals surface area (Å²) in [4.78, 5) is 13.2. The largest absolute Gasteiger partial charge is 0.347 e. The highest BCUT2D eigenvalue weighted by Gasteiger charge is 2.11. The first-order valence-electron chi connectivity index (χ1n) is 5.34. The van der Waals surface area contributed by atoms with Gasteiger partial charge in [-0.05, 0) is 58.1 Å². The molecule has 2 aromatic rings. The Morgan fingerprint density at radius 2 is 2.22 bits per heavy atom. The number of carbonyl (C=O) groups excluding carboxylic acids is 1. The fraction of sp³-hybridized carbons (Fsp3) is 0.154. The molecule has 1 amide bonds. The highest BCUT2D eigenvalue weighted by atomic mass is 79.9. The average molecular weight is 345 g/mol. The number of hydrogen-bond donors (Lipinski definition) is 1. The fourth-order valence-corrected chi connectivity index (χ4v) is 2.96. The molecule has 0 aliphatic rings. The summed E-state index contributed by atoms with van der Waals surface area (Å²) in [5.74, 6) is -0.128. The molecule has 0 aliphatic carbocycles. The summed E-state index contributed by atoms with van der Waals surface area (Å²) < 4.78 is 0.743. The zero-order chi connectivity index (χ0) is 13.1. The van der Waals surface area contributed by atoms with Gasteiger partial charge in [0.15, 0.2) is 0 Å². The minimum absolute atomic E-state index is 0.128. The predicted molar refractivity (Wildman–Crippen MR) is 79.4 cm³/mol. The number of aryl methyl sites for hydroxylation is 1. The molecule has 2 nitrogen and oxygen atoms in total. The lowest BCUT2D eigenvalue weighted by Crippen LogP contribution is -2.23. The number of halogens is 2. The maximum absolute atomic E-state index is 12.0. The fourth-order valence-electron chi connectivity index (χ4n) is 1.51. The highest BCUT2D eigenvalue weighted by Crippen LogP contribution is 2.21. The Morgan fingerprint density at radius 3 is 2.89 bits per heavy atom. The lowest BCUT2D eigenvalue weighted by Gasteiger charge is -2.07. The topological polar surface area (TPSA) is 29.1 Å². The molecule has 5 heteroatoms. The van der Waals surface area contributed by atoms with Gasteiger partial charge in [-0.3, -0.25) is 4.79 Å². The van der Waals surface area contributed by atoms with Crippen molar-refractivity contribution in [1.82, 2.24) is 5.32 Å². The van der Waals surface area contributed by atoms with Crippen molar-refractivity contribution in [1.29, 1.82) is 0 Å². The van der Waals surface area contributed by atoms with E-state index in [0.29, 0.717) is 17.1 Å². The summed E-state index contributed by atoms with van der Waals surface area (Å²) in [5.41, 5.74) is 1.75. The minimum Gasteiger partial charge on any atom is -0.347 e. The van der Waals surface area contributed by atoms with Crippen molar-refractivity contribution >= 4 is 44.8 Å². The standard InChI is InChI=1S/C13H11BrClNOS/c1-8-4-5-18-12(8)7-16-13(17)10-6-9(15)2-3-11(10)14/h2-6H,7H2,1H3,(H,16,17). The van der Waals surface area contributed by atoms with E-state index in [1.807, 2.05) is 18.4 Å². The molecule has 1 N–H and O–H groups in total. The van der Waals surface area contributed by atoms with Crippen LogP contribution in [0.25, 0.3) is 0 Å². The Balaban J connectivity index is 2.08. The van der Waals surface area contributed by atoms with Gasteiger partial charge in [0.05, 0.1) is 12.1 Å². The van der Waals surface area contributed by atoms with Crippen LogP contribution >= 0.6 is 38.9 Å². The lowest BCUT2D eigenvalue weighted by atomic mass is 10.2. The van der Waals surface area contributed by atoms with Crippen LogP contribution in [-0.2, 0) is 6.54 Å². The van der Waals surface area contributed by atoms with Crippen LogP contribution < -0.4 is 5.32 Å². The van der Waals surface area contributed by atoms with Crippen LogP contribution in [0, 0.1) is 6.92 Å². The summed E-state index contributed by atoms with van der Waals surface area (Å²) in [7, 11) is 0. The molecule has 1 aromatic carbocycles. The highest BCUT2D eigenvalue weighted by molar-refractivity contribution is 9.10. The Bertz CT molecular complexity index is 582. The second-order valence-corrected chi connectivity index (χ2v) is 6.13. The van der Waals surface area contributed by atoms with Gasteiger partial charge in [0.1, 0.15) is 0 Å². The van der Waals surface area contributed by atoms with Gasteiger partial charge in [-0.15, -0.1) is 11.3 Å². The van der Waals surface area contributed by atoms with Crippen LogP contribution in [0.15, 0.2) is 34.1 Å². The van der Waals surface area contributed by atoms with E-state index in [0.717, 1.165) is 4.47 Å². The summed E-state index contributed by atoms with van der Waals surface area (Å²) in [6, 6.07) is 7.21. The Labute approximate surface area is 123 Å². The van der Waals surface area contributed by atoms with E-state index in [2.05, 4.69) is 21.2 Å². The molecule has 0 unspecified atom stereocenters. The van der Waals surface area contributed by atoms with Gasteiger partial charge in [-0.2, -0.15) is 0 Å². The number of thiophene rings is 1. The number of benzene rings is 1. The van der Waals surface area contributed by atoms with Crippen LogP contribution in [0.4, 0.5) is 0 Å². The second-order valence-electron chi connectivity index (χ2n) is 3.83. The number of carbonyl (C=O) groups is 1. The molecule has 94 valence electrons. The third-order valence-electron chi connectivity index (χ3n) is 2.55. The number of nitrogens with one attached hydrogen (secondary N) is 1. The summed E-state index contributed by atoms with van der Waals surface area (Å²) >= 11 is 10.9. The Kier molecular flexibility index (Phi) is 4.43. The quantitative estimate of drug-likeness (QED) is 0.878. The van der Waals surface area contributed by atoms with Gasteiger partial charge < -0.3 is 5.32 Å². The molecular formula is C13H11BrClNOS. The van der Waals surface area contributed by atoms with E-state index < -0.39 is 0 Å². The maximum atomic E-state index is 12.0. The summed E-state index contributed by atoms with van der Waals surface area (Å²) in [6.45, 7) is 2.58. The molecular weight excluding hydrogens is 334 g/mol. The van der Waals surface area contributed by atoms with Gasteiger partial charge >= 0.3 is 0 Å². The van der Waals surface area contributed by atoms with Gasteiger partial charge in [0.2, 0.25) is 0 Å². The van der Waals surface area contributed by atoms with Crippen molar-refractivity contribution in [3.63, 3.8) is 0 Å². The first-order valence-corrected chi connectivity index (χ1v) is 7.39. The van der Waals surface area contributed by atoms with Crippen LogP contribution in [-0.4, -0.2) is 5.91 Å². The summed E-state index contributed by atoms with van der Waals surface area (Å²) in [5, 5.41) is 5.46. The van der Waals surface area contributed by atoms with E-state index in [1.54, 1.807) is 29.5 Å². The first kappa shape index (κ1) is 13.6. The van der Waals surface area contributed by atoms with E-state index in [-0.39, 0.29) is 5.91 Å². The van der Waals surface area contributed by atoms with Gasteiger partial charge in [-0.1, -0.05) is 11.6 Å². The lowest BCUT2D eigenvalue weighted by molar-refractivity contribution is 0.0950. The molecule has 18 heavy (non-hydrogen) atoms. The zero-order valence-corrected chi connectivity index (χ0v) is 12.8. The van der Waals surface area contributed by atoms with Crippen LogP contribution in [0.5, 0.6) is 0 Å². The van der Waals surface area contributed by atoms with E-state index >= 15 is 0 Å². The van der Waals surface area contributed by atoms with E-state index in [4.69, 9.17) is 11.6 Å². The third-order valence-corrected chi connectivity index (χ3v) is 4.50. The van der Waals surface area contributed by atoms with Crippen LogP contribution in [0.3, 0.4) is 0 Å². The number of rotatable bonds is 3. The van der Waals surface area contributed by atoms with Gasteiger partial charge in [0.25, 0.3) is 5.91 Å². The van der Waals surface area contributed by atoms with Crippen LogP contribution in [0.1, 0.15) is 20.8 Å². The van der Waals surface area contributed by atoms with E-state index in [1.165, 1.54) is 10.4 Å². The minimum atomic E-state index is -0.128. The molecule has 0 saturated heterocycles. The Hall–Kier alpha value is -0.840. The zero-order valence-electron chi connectivity index (χ0n) is 9.67. The van der Waals surface area contributed by atoms with Crippen molar-refractivity contribution < 1.29 is 4.79 Å². The SMILES string of the molecule is Cc1ccsc1CNC(=O)c1cc(Cl)ccc1Br. The van der Waals surface area contributed by atoms with Crippen molar-refractivity contribution in [3.05, 3.63) is 55.1 Å². The molecule has 0 aliphatic heterocycles.